The lowest BCUT2D eigenvalue weighted by atomic mass is 9.97. The van der Waals surface area contributed by atoms with Crippen LogP contribution in [0.15, 0.2) is 42.6 Å². The van der Waals surface area contributed by atoms with Gasteiger partial charge in [-0.3, -0.25) is 9.59 Å². The molecule has 1 fully saturated rings. The second-order valence-electron chi connectivity index (χ2n) is 6.73. The van der Waals surface area contributed by atoms with Crippen LogP contribution in [0.25, 0.3) is 0 Å². The zero-order valence-corrected chi connectivity index (χ0v) is 16.7. The van der Waals surface area contributed by atoms with Crippen LogP contribution in [0, 0.1) is 0 Å². The molecule has 1 atom stereocenters. The van der Waals surface area contributed by atoms with Crippen molar-refractivity contribution in [3.05, 3.63) is 53.2 Å². The van der Waals surface area contributed by atoms with Crippen molar-refractivity contribution >= 4 is 23.4 Å². The lowest BCUT2D eigenvalue weighted by Crippen LogP contribution is -2.58. The Kier molecular flexibility index (Phi) is 6.56. The molecular formula is C20H22ClN3O5. The minimum absolute atomic E-state index is 0.0566. The molecule has 1 aliphatic heterocycles. The van der Waals surface area contributed by atoms with Crippen LogP contribution in [-0.4, -0.2) is 60.7 Å². The first kappa shape index (κ1) is 20.9. The lowest BCUT2D eigenvalue weighted by molar-refractivity contribution is -0.142. The maximum atomic E-state index is 13.0. The van der Waals surface area contributed by atoms with Gasteiger partial charge < -0.3 is 24.8 Å². The number of ether oxygens (including phenoxy) is 3. The summed E-state index contributed by atoms with van der Waals surface area (Å²) in [5, 5.41) is 0.586. The average molecular weight is 420 g/mol. The number of nitrogens with zero attached hydrogens (tertiary/aromatic N) is 2. The van der Waals surface area contributed by atoms with Gasteiger partial charge in [-0.2, -0.15) is 0 Å². The van der Waals surface area contributed by atoms with Gasteiger partial charge in [0.15, 0.2) is 0 Å². The van der Waals surface area contributed by atoms with Crippen LogP contribution in [0.3, 0.4) is 0 Å². The molecule has 29 heavy (non-hydrogen) atoms. The molecule has 0 radical (unpaired) electrons. The number of methoxy groups -OCH3 is 1. The zero-order chi connectivity index (χ0) is 20.9. The Morgan fingerprint density at radius 3 is 2.76 bits per heavy atom. The highest BCUT2D eigenvalue weighted by Gasteiger charge is 2.41. The molecule has 2 heterocycles. The molecule has 0 bridgehead atoms. The minimum atomic E-state index is -1.05. The van der Waals surface area contributed by atoms with Crippen LogP contribution >= 0.6 is 11.6 Å². The zero-order valence-electron chi connectivity index (χ0n) is 16.0. The highest BCUT2D eigenvalue weighted by Crippen LogP contribution is 2.26. The molecule has 0 unspecified atom stereocenters. The number of halogens is 1. The molecule has 1 aliphatic rings. The molecule has 2 aromatic rings. The summed E-state index contributed by atoms with van der Waals surface area (Å²) in [7, 11) is 1.48. The summed E-state index contributed by atoms with van der Waals surface area (Å²) < 4.78 is 16.8. The van der Waals surface area contributed by atoms with Gasteiger partial charge in [0, 0.05) is 29.4 Å². The number of benzene rings is 1. The van der Waals surface area contributed by atoms with E-state index in [1.807, 2.05) is 0 Å². The molecule has 0 aliphatic carbocycles. The third-order valence-corrected chi connectivity index (χ3v) is 4.79. The van der Waals surface area contributed by atoms with Crippen LogP contribution in [0.4, 0.5) is 0 Å². The minimum Gasteiger partial charge on any atom is -0.490 e. The molecule has 1 saturated heterocycles. The Labute approximate surface area is 173 Å². The van der Waals surface area contributed by atoms with Crippen LogP contribution in [0.2, 0.25) is 5.02 Å². The number of carbonyl (C=O) groups is 2. The first-order valence-corrected chi connectivity index (χ1v) is 9.38. The van der Waals surface area contributed by atoms with E-state index in [0.29, 0.717) is 28.8 Å². The molecule has 2 amide bonds. The molecule has 1 aromatic heterocycles. The molecule has 154 valence electrons. The topological polar surface area (TPSA) is 104 Å². The second-order valence-corrected chi connectivity index (χ2v) is 7.17. The maximum Gasteiger partial charge on any atom is 0.254 e. The standard InChI is InChI=1S/C20H22ClN3O5/c1-27-18-10-14(6-7-23-18)19(26)24-8-9-29-20(12-24,11-17(22)25)13-28-16-4-2-15(21)3-5-16/h2-7,10H,8-9,11-13H2,1H3,(H2,22,25)/t20-/m0/s1. The van der Waals surface area contributed by atoms with Crippen molar-refractivity contribution in [3.8, 4) is 11.6 Å². The lowest BCUT2D eigenvalue weighted by Gasteiger charge is -2.42. The van der Waals surface area contributed by atoms with Crippen molar-refractivity contribution in [1.29, 1.82) is 0 Å². The molecule has 0 spiro atoms. The van der Waals surface area contributed by atoms with E-state index in [1.165, 1.54) is 13.3 Å². The number of hydrogen-bond acceptors (Lipinski definition) is 6. The molecule has 0 saturated carbocycles. The number of morpholine rings is 1. The normalized spacial score (nSPS) is 18.9. The fourth-order valence-corrected chi connectivity index (χ4v) is 3.29. The maximum absolute atomic E-state index is 13.0. The van der Waals surface area contributed by atoms with E-state index in [1.54, 1.807) is 41.3 Å². The Bertz CT molecular complexity index is 877. The molecule has 9 heteroatoms. The van der Waals surface area contributed by atoms with Crippen molar-refractivity contribution < 1.29 is 23.8 Å². The number of primary amides is 1. The van der Waals surface area contributed by atoms with Crippen LogP contribution < -0.4 is 15.2 Å². The van der Waals surface area contributed by atoms with E-state index in [9.17, 15) is 9.59 Å². The number of rotatable bonds is 7. The molecule has 8 nitrogen and oxygen atoms in total. The summed E-state index contributed by atoms with van der Waals surface area (Å²) in [6, 6.07) is 10.0. The van der Waals surface area contributed by atoms with Gasteiger partial charge in [-0.25, -0.2) is 4.98 Å². The summed E-state index contributed by atoms with van der Waals surface area (Å²) in [6.45, 7) is 0.851. The highest BCUT2D eigenvalue weighted by atomic mass is 35.5. The van der Waals surface area contributed by atoms with E-state index in [2.05, 4.69) is 4.98 Å². The van der Waals surface area contributed by atoms with Crippen molar-refractivity contribution in [2.75, 3.05) is 33.4 Å². The monoisotopic (exact) mass is 419 g/mol. The van der Waals surface area contributed by atoms with Crippen LogP contribution in [0.1, 0.15) is 16.8 Å². The van der Waals surface area contributed by atoms with Gasteiger partial charge in [0.05, 0.1) is 26.7 Å². The van der Waals surface area contributed by atoms with E-state index in [4.69, 9.17) is 31.5 Å². The number of hydrogen-bond donors (Lipinski definition) is 1. The number of amides is 2. The van der Waals surface area contributed by atoms with Crippen LogP contribution in [0.5, 0.6) is 11.6 Å². The van der Waals surface area contributed by atoms with Gasteiger partial charge in [-0.1, -0.05) is 11.6 Å². The van der Waals surface area contributed by atoms with Crippen LogP contribution in [-0.2, 0) is 9.53 Å². The smallest absolute Gasteiger partial charge is 0.254 e. The molecule has 2 N–H and O–H groups in total. The van der Waals surface area contributed by atoms with E-state index in [-0.39, 0.29) is 32.1 Å². The summed E-state index contributed by atoms with van der Waals surface area (Å²) in [4.78, 5) is 30.3. The Balaban J connectivity index is 1.76. The first-order valence-electron chi connectivity index (χ1n) is 9.01. The molecule has 3 rings (SSSR count). The van der Waals surface area contributed by atoms with Gasteiger partial charge in [-0.15, -0.1) is 0 Å². The van der Waals surface area contributed by atoms with Crippen molar-refractivity contribution in [2.24, 2.45) is 5.73 Å². The van der Waals surface area contributed by atoms with Gasteiger partial charge in [0.2, 0.25) is 11.8 Å². The third kappa shape index (κ3) is 5.36. The van der Waals surface area contributed by atoms with Crippen molar-refractivity contribution in [1.82, 2.24) is 9.88 Å². The third-order valence-electron chi connectivity index (χ3n) is 4.54. The molecule has 1 aromatic carbocycles. The molecular weight excluding hydrogens is 398 g/mol. The SMILES string of the molecule is COc1cc(C(=O)N2CCO[C@@](COc3ccc(Cl)cc3)(CC(N)=O)C2)ccn1. The van der Waals surface area contributed by atoms with Gasteiger partial charge >= 0.3 is 0 Å². The summed E-state index contributed by atoms with van der Waals surface area (Å²) in [5.41, 5.74) is 4.84. The Morgan fingerprint density at radius 1 is 1.31 bits per heavy atom. The summed E-state index contributed by atoms with van der Waals surface area (Å²) in [5.74, 6) is 0.168. The quantitative estimate of drug-likeness (QED) is 0.735. The van der Waals surface area contributed by atoms with Gasteiger partial charge in [-0.05, 0) is 30.3 Å². The van der Waals surface area contributed by atoms with Crippen molar-refractivity contribution in [2.45, 2.75) is 12.0 Å². The van der Waals surface area contributed by atoms with Gasteiger partial charge in [0.25, 0.3) is 5.91 Å². The Hall–Kier alpha value is -2.84. The number of aromatic nitrogens is 1. The number of nitrogens with two attached hydrogens (primary N) is 1. The largest absolute Gasteiger partial charge is 0.490 e. The van der Waals surface area contributed by atoms with Crippen molar-refractivity contribution in [3.63, 3.8) is 0 Å². The fraction of sp³-hybridized carbons (Fsp3) is 0.350. The number of pyridine rings is 1. The van der Waals surface area contributed by atoms with Gasteiger partial charge in [0.1, 0.15) is 18.0 Å². The predicted molar refractivity (Wildman–Crippen MR) is 106 cm³/mol. The Morgan fingerprint density at radius 2 is 2.07 bits per heavy atom. The number of carbonyl (C=O) groups excluding carboxylic acids is 2. The fourth-order valence-electron chi connectivity index (χ4n) is 3.16. The average Bonchev–Trinajstić information content (AvgIpc) is 2.72. The predicted octanol–water partition coefficient (Wildman–Crippen LogP) is 1.91. The van der Waals surface area contributed by atoms with E-state index < -0.39 is 11.5 Å². The van der Waals surface area contributed by atoms with E-state index in [0.717, 1.165) is 0 Å². The summed E-state index contributed by atoms with van der Waals surface area (Å²) >= 11 is 5.89. The summed E-state index contributed by atoms with van der Waals surface area (Å²) in [6.07, 6.45) is 1.43. The highest BCUT2D eigenvalue weighted by molar-refractivity contribution is 6.30. The first-order chi connectivity index (χ1) is 13.9. The van der Waals surface area contributed by atoms with E-state index >= 15 is 0 Å². The second kappa shape index (κ2) is 9.11.